The molecule has 2 aromatic heterocycles. The van der Waals surface area contributed by atoms with Crippen LogP contribution in [0.2, 0.25) is 5.02 Å². The number of benzene rings is 2. The molecule has 2 fully saturated rings. The van der Waals surface area contributed by atoms with E-state index in [1.165, 1.54) is 31.4 Å². The van der Waals surface area contributed by atoms with Crippen molar-refractivity contribution in [2.45, 2.75) is 26.6 Å². The summed E-state index contributed by atoms with van der Waals surface area (Å²) in [5.74, 6) is -0.228. The fourth-order valence-electron chi connectivity index (χ4n) is 6.33. The van der Waals surface area contributed by atoms with E-state index in [1.807, 2.05) is 17.9 Å². The summed E-state index contributed by atoms with van der Waals surface area (Å²) < 4.78 is 34.9. The number of ether oxygens (including phenoxy) is 1. The van der Waals surface area contributed by atoms with E-state index in [0.717, 1.165) is 35.3 Å². The van der Waals surface area contributed by atoms with Crippen molar-refractivity contribution in [3.63, 3.8) is 0 Å². The number of anilines is 2. The summed E-state index contributed by atoms with van der Waals surface area (Å²) in [6.07, 6.45) is 1.68. The largest absolute Gasteiger partial charge is 0.479 e. The van der Waals surface area contributed by atoms with Gasteiger partial charge in [0.25, 0.3) is 11.4 Å². The predicted molar refractivity (Wildman–Crippen MR) is 175 cm³/mol. The Labute approximate surface area is 275 Å². The summed E-state index contributed by atoms with van der Waals surface area (Å²) >= 11 is 6.70. The SMILES string of the molecule is COc1n[nH]c(=O)cc1N1CCN(Cc2ccc(F)cc2C[n+]2cc(Cl)c(N3CCN(Cc4ccc(F)cc4C)CC3)c(=O)[nH]2)CC1. The minimum absolute atomic E-state index is 0.238. The number of nitrogens with one attached hydrogen (secondary N) is 2. The van der Waals surface area contributed by atoms with Crippen molar-refractivity contribution < 1.29 is 18.2 Å². The Kier molecular flexibility index (Phi) is 9.85. The van der Waals surface area contributed by atoms with Gasteiger partial charge in [-0.3, -0.25) is 19.4 Å². The molecular formula is C33H38ClF2N8O3+. The lowest BCUT2D eigenvalue weighted by molar-refractivity contribution is -0.747. The molecule has 2 aromatic carbocycles. The van der Waals surface area contributed by atoms with Gasteiger partial charge in [-0.25, -0.2) is 13.9 Å². The zero-order chi connectivity index (χ0) is 33.1. The molecule has 2 saturated heterocycles. The van der Waals surface area contributed by atoms with Crippen molar-refractivity contribution in [1.82, 2.24) is 25.1 Å². The highest BCUT2D eigenvalue weighted by atomic mass is 35.5. The lowest BCUT2D eigenvalue weighted by Crippen LogP contribution is -2.50. The Morgan fingerprint density at radius 3 is 2.11 bits per heavy atom. The maximum atomic E-state index is 14.4. The molecular weight excluding hydrogens is 630 g/mol. The highest BCUT2D eigenvalue weighted by molar-refractivity contribution is 6.32. The molecule has 4 aromatic rings. The van der Waals surface area contributed by atoms with Crippen molar-refractivity contribution in [2.24, 2.45) is 0 Å². The van der Waals surface area contributed by atoms with Crippen LogP contribution in [-0.4, -0.2) is 84.6 Å². The average molecular weight is 668 g/mol. The number of piperazine rings is 2. The standard InChI is InChI=1S/C33H37ClF2N8O3/c1-22-15-26(35)5-3-23(22)18-40-9-13-43(14-10-40)31-28(34)21-44(39-32(31)46)20-25-16-27(36)6-4-24(25)19-41-7-11-42(12-8-41)29-17-30(45)37-38-33(29)47-2/h3-6,15-17,21H,7-14,18-20H2,1-2H3,(H-,37,39,45,46)/p+1. The van der Waals surface area contributed by atoms with Gasteiger partial charge in [0.1, 0.15) is 28.0 Å². The van der Waals surface area contributed by atoms with Gasteiger partial charge in [0.05, 0.1) is 7.11 Å². The van der Waals surface area contributed by atoms with Crippen LogP contribution >= 0.6 is 11.6 Å². The second-order valence-electron chi connectivity index (χ2n) is 12.0. The van der Waals surface area contributed by atoms with Gasteiger partial charge in [-0.1, -0.05) is 23.7 Å². The van der Waals surface area contributed by atoms with Crippen LogP contribution in [0.1, 0.15) is 22.3 Å². The molecule has 2 aliphatic heterocycles. The molecule has 47 heavy (non-hydrogen) atoms. The van der Waals surface area contributed by atoms with Gasteiger partial charge in [-0.15, -0.1) is 14.9 Å². The minimum atomic E-state index is -0.359. The molecule has 0 saturated carbocycles. The highest BCUT2D eigenvalue weighted by Gasteiger charge is 2.26. The van der Waals surface area contributed by atoms with Gasteiger partial charge in [-0.2, -0.15) is 0 Å². The fraction of sp³-hybridized carbons (Fsp3) is 0.394. The van der Waals surface area contributed by atoms with E-state index >= 15 is 0 Å². The van der Waals surface area contributed by atoms with Gasteiger partial charge in [0, 0.05) is 77.1 Å². The molecule has 2 N–H and O–H groups in total. The van der Waals surface area contributed by atoms with Crippen LogP contribution in [0, 0.1) is 18.6 Å². The normalized spacial score (nSPS) is 16.1. The maximum absolute atomic E-state index is 14.4. The molecule has 14 heteroatoms. The number of aromatic amines is 2. The van der Waals surface area contributed by atoms with Crippen molar-refractivity contribution in [3.05, 3.63) is 108 Å². The molecule has 2 aliphatic rings. The second-order valence-corrected chi connectivity index (χ2v) is 12.4. The van der Waals surface area contributed by atoms with Crippen molar-refractivity contribution >= 4 is 23.0 Å². The number of halogens is 3. The topological polar surface area (TPSA) is 105 Å². The van der Waals surface area contributed by atoms with Crippen LogP contribution in [0.4, 0.5) is 20.2 Å². The van der Waals surface area contributed by atoms with Gasteiger partial charge in [-0.05, 0) is 47.9 Å². The summed E-state index contributed by atoms with van der Waals surface area (Å²) in [6.45, 7) is 8.93. The third-order valence-corrected chi connectivity index (χ3v) is 9.18. The van der Waals surface area contributed by atoms with E-state index in [2.05, 4.69) is 30.0 Å². The van der Waals surface area contributed by atoms with Crippen LogP contribution in [0.15, 0.2) is 58.3 Å². The number of H-pyrrole nitrogens is 2. The van der Waals surface area contributed by atoms with Gasteiger partial charge in [0.15, 0.2) is 6.54 Å². The van der Waals surface area contributed by atoms with Gasteiger partial charge < -0.3 is 14.5 Å². The second kappa shape index (κ2) is 14.2. The zero-order valence-corrected chi connectivity index (χ0v) is 27.2. The first-order valence-corrected chi connectivity index (χ1v) is 16.0. The van der Waals surface area contributed by atoms with Crippen molar-refractivity contribution in [3.8, 4) is 5.88 Å². The lowest BCUT2D eigenvalue weighted by Gasteiger charge is -2.36. The third-order valence-electron chi connectivity index (χ3n) is 8.91. The minimum Gasteiger partial charge on any atom is -0.479 e. The summed E-state index contributed by atoms with van der Waals surface area (Å²) in [6, 6.07) is 11.1. The molecule has 6 rings (SSSR count). The van der Waals surface area contributed by atoms with Gasteiger partial charge >= 0.3 is 5.56 Å². The monoisotopic (exact) mass is 667 g/mol. The number of aryl methyl sites for hydroxylation is 1. The Morgan fingerprint density at radius 1 is 0.851 bits per heavy atom. The first kappa shape index (κ1) is 32.6. The van der Waals surface area contributed by atoms with Crippen molar-refractivity contribution in [2.75, 3.05) is 69.3 Å². The Balaban J connectivity index is 1.09. The van der Waals surface area contributed by atoms with Crippen LogP contribution in [0.5, 0.6) is 5.88 Å². The number of nitrogens with zero attached hydrogens (tertiary/aromatic N) is 6. The first-order chi connectivity index (χ1) is 22.7. The number of hydrogen-bond donors (Lipinski definition) is 2. The third kappa shape index (κ3) is 7.64. The van der Waals surface area contributed by atoms with E-state index in [1.54, 1.807) is 23.0 Å². The molecule has 0 aliphatic carbocycles. The van der Waals surface area contributed by atoms with E-state index in [0.29, 0.717) is 74.6 Å². The number of methoxy groups -OCH3 is 1. The zero-order valence-electron chi connectivity index (χ0n) is 26.4. The van der Waals surface area contributed by atoms with E-state index in [-0.39, 0.29) is 29.3 Å². The molecule has 0 bridgehead atoms. The maximum Gasteiger partial charge on any atom is 0.322 e. The summed E-state index contributed by atoms with van der Waals surface area (Å²) in [5.41, 5.74) is 4.16. The predicted octanol–water partition coefficient (Wildman–Crippen LogP) is 2.69. The molecule has 0 amide bonds. The number of rotatable bonds is 9. The van der Waals surface area contributed by atoms with Crippen molar-refractivity contribution in [1.29, 1.82) is 0 Å². The average Bonchev–Trinajstić information content (AvgIpc) is 3.04. The Bertz CT molecular complexity index is 1850. The van der Waals surface area contributed by atoms with E-state index in [9.17, 15) is 18.4 Å². The quantitative estimate of drug-likeness (QED) is 0.263. The Hall–Kier alpha value is -4.33. The van der Waals surface area contributed by atoms with Crippen LogP contribution in [0.25, 0.3) is 0 Å². The molecule has 0 radical (unpaired) electrons. The summed E-state index contributed by atoms with van der Waals surface area (Å²) in [4.78, 5) is 33.8. The van der Waals surface area contributed by atoms with Crippen LogP contribution in [0.3, 0.4) is 0 Å². The van der Waals surface area contributed by atoms with E-state index < -0.39 is 0 Å². The highest BCUT2D eigenvalue weighted by Crippen LogP contribution is 2.26. The Morgan fingerprint density at radius 2 is 1.47 bits per heavy atom. The number of aromatic nitrogens is 4. The molecule has 0 unspecified atom stereocenters. The fourth-order valence-corrected chi connectivity index (χ4v) is 6.66. The number of hydrogen-bond acceptors (Lipinski definition) is 8. The molecule has 0 atom stereocenters. The van der Waals surface area contributed by atoms with Crippen LogP contribution in [-0.2, 0) is 19.6 Å². The first-order valence-electron chi connectivity index (χ1n) is 15.6. The summed E-state index contributed by atoms with van der Waals surface area (Å²) in [5, 5.41) is 9.62. The van der Waals surface area contributed by atoms with Gasteiger partial charge in [0.2, 0.25) is 6.20 Å². The van der Waals surface area contributed by atoms with Crippen LogP contribution < -0.4 is 30.3 Å². The molecule has 4 heterocycles. The molecule has 248 valence electrons. The smallest absolute Gasteiger partial charge is 0.322 e. The molecule has 11 nitrogen and oxygen atoms in total. The lowest BCUT2D eigenvalue weighted by atomic mass is 10.1. The summed E-state index contributed by atoms with van der Waals surface area (Å²) in [7, 11) is 1.52. The molecule has 0 spiro atoms. The van der Waals surface area contributed by atoms with E-state index in [4.69, 9.17) is 16.3 Å².